The van der Waals surface area contributed by atoms with Crippen LogP contribution in [0.15, 0.2) is 48.9 Å². The molecule has 0 atom stereocenters. The minimum Gasteiger partial charge on any atom is -0.363 e. The molecule has 1 aliphatic rings. The molecule has 0 saturated heterocycles. The van der Waals surface area contributed by atoms with Crippen molar-refractivity contribution in [3.05, 3.63) is 54.5 Å². The Balaban J connectivity index is 1.39. The van der Waals surface area contributed by atoms with E-state index in [9.17, 15) is 0 Å². The summed E-state index contributed by atoms with van der Waals surface area (Å²) in [6.07, 6.45) is 9.61. The van der Waals surface area contributed by atoms with E-state index in [2.05, 4.69) is 31.5 Å². The van der Waals surface area contributed by atoms with E-state index in [1.807, 2.05) is 36.5 Å². The van der Waals surface area contributed by atoms with E-state index in [0.717, 1.165) is 11.5 Å². The van der Waals surface area contributed by atoms with Gasteiger partial charge in [-0.2, -0.15) is 10.2 Å². The first-order valence-electron chi connectivity index (χ1n) is 7.63. The summed E-state index contributed by atoms with van der Waals surface area (Å²) >= 11 is 0. The van der Waals surface area contributed by atoms with Gasteiger partial charge < -0.3 is 5.32 Å². The van der Waals surface area contributed by atoms with Crippen molar-refractivity contribution in [1.29, 1.82) is 0 Å². The van der Waals surface area contributed by atoms with Crippen LogP contribution in [-0.4, -0.2) is 24.8 Å². The second-order valence-electron chi connectivity index (χ2n) is 5.62. The molecule has 0 spiro atoms. The molecule has 3 aromatic rings. The highest BCUT2D eigenvalue weighted by atomic mass is 15.5. The summed E-state index contributed by atoms with van der Waals surface area (Å²) in [5.41, 5.74) is 2.12. The van der Waals surface area contributed by atoms with Gasteiger partial charge in [-0.3, -0.25) is 4.68 Å². The van der Waals surface area contributed by atoms with Gasteiger partial charge in [-0.05, 0) is 31.4 Å². The molecule has 4 rings (SSSR count). The highest BCUT2D eigenvalue weighted by molar-refractivity contribution is 5.34. The zero-order valence-electron chi connectivity index (χ0n) is 12.3. The second-order valence-corrected chi connectivity index (χ2v) is 5.62. The van der Waals surface area contributed by atoms with Gasteiger partial charge in [0.05, 0.1) is 24.1 Å². The fraction of sp³-hybridized carbons (Fsp3) is 0.312. The van der Waals surface area contributed by atoms with Crippen molar-refractivity contribution in [3.63, 3.8) is 0 Å². The Kier molecular flexibility index (Phi) is 3.34. The molecule has 112 valence electrons. The molecule has 0 unspecified atom stereocenters. The van der Waals surface area contributed by atoms with Crippen LogP contribution in [0.4, 0.5) is 5.82 Å². The van der Waals surface area contributed by atoms with E-state index >= 15 is 0 Å². The molecule has 0 aliphatic heterocycles. The first-order valence-corrected chi connectivity index (χ1v) is 7.63. The smallest absolute Gasteiger partial charge is 0.169 e. The van der Waals surface area contributed by atoms with E-state index in [1.54, 1.807) is 11.0 Å². The SMILES string of the molecule is c1ccc(-n2ncc(NCc3cnn(C4CCC4)c3)n2)cc1. The minimum absolute atomic E-state index is 0.604. The number of nitrogens with zero attached hydrogens (tertiary/aromatic N) is 5. The van der Waals surface area contributed by atoms with Crippen LogP contribution in [0.2, 0.25) is 0 Å². The lowest BCUT2D eigenvalue weighted by Crippen LogP contribution is -2.17. The van der Waals surface area contributed by atoms with Gasteiger partial charge >= 0.3 is 0 Å². The molecular weight excluding hydrogens is 276 g/mol. The highest BCUT2D eigenvalue weighted by Crippen LogP contribution is 2.30. The van der Waals surface area contributed by atoms with Gasteiger partial charge in [0.1, 0.15) is 0 Å². The number of para-hydroxylation sites is 1. The fourth-order valence-corrected chi connectivity index (χ4v) is 2.54. The fourth-order valence-electron chi connectivity index (χ4n) is 2.54. The quantitative estimate of drug-likeness (QED) is 0.786. The standard InChI is InChI=1S/C16H18N6/c1-2-5-15(6-3-1)22-19-11-16(20-22)17-9-13-10-18-21(12-13)14-7-4-8-14/h1-3,5-6,10-12,14H,4,7-9H2,(H,17,20). The molecular formula is C16H18N6. The van der Waals surface area contributed by atoms with Crippen molar-refractivity contribution in [1.82, 2.24) is 24.8 Å². The molecule has 1 aromatic carbocycles. The van der Waals surface area contributed by atoms with E-state index in [-0.39, 0.29) is 0 Å². The summed E-state index contributed by atoms with van der Waals surface area (Å²) in [6.45, 7) is 0.709. The predicted molar refractivity (Wildman–Crippen MR) is 83.8 cm³/mol. The maximum atomic E-state index is 4.44. The Morgan fingerprint density at radius 3 is 2.73 bits per heavy atom. The summed E-state index contributed by atoms with van der Waals surface area (Å²) < 4.78 is 2.08. The molecule has 0 bridgehead atoms. The summed E-state index contributed by atoms with van der Waals surface area (Å²) in [5.74, 6) is 0.764. The number of hydrogen-bond acceptors (Lipinski definition) is 4. The Morgan fingerprint density at radius 2 is 1.95 bits per heavy atom. The third kappa shape index (κ3) is 2.59. The Morgan fingerprint density at radius 1 is 1.09 bits per heavy atom. The maximum Gasteiger partial charge on any atom is 0.169 e. The summed E-state index contributed by atoms with van der Waals surface area (Å²) in [6, 6.07) is 10.5. The zero-order chi connectivity index (χ0) is 14.8. The van der Waals surface area contributed by atoms with Gasteiger partial charge in [0, 0.05) is 18.3 Å². The third-order valence-corrected chi connectivity index (χ3v) is 4.06. The Hall–Kier alpha value is -2.63. The molecule has 6 heteroatoms. The van der Waals surface area contributed by atoms with Crippen LogP contribution in [0, 0.1) is 0 Å². The van der Waals surface area contributed by atoms with Crippen LogP contribution in [0.5, 0.6) is 0 Å². The molecule has 2 aromatic heterocycles. The molecule has 0 radical (unpaired) electrons. The van der Waals surface area contributed by atoms with E-state index in [4.69, 9.17) is 0 Å². The van der Waals surface area contributed by atoms with Crippen molar-refractivity contribution >= 4 is 5.82 Å². The van der Waals surface area contributed by atoms with Crippen LogP contribution >= 0.6 is 0 Å². The normalized spacial score (nSPS) is 14.7. The van der Waals surface area contributed by atoms with Crippen LogP contribution in [-0.2, 0) is 6.54 Å². The van der Waals surface area contributed by atoms with Gasteiger partial charge in [-0.25, -0.2) is 0 Å². The van der Waals surface area contributed by atoms with E-state index in [0.29, 0.717) is 12.6 Å². The number of aromatic nitrogens is 5. The molecule has 1 N–H and O–H groups in total. The first kappa shape index (κ1) is 13.1. The van der Waals surface area contributed by atoms with Gasteiger partial charge in [0.15, 0.2) is 5.82 Å². The van der Waals surface area contributed by atoms with Crippen molar-refractivity contribution in [2.45, 2.75) is 31.8 Å². The second kappa shape index (κ2) is 5.63. The molecule has 1 saturated carbocycles. The first-order chi connectivity index (χ1) is 10.9. The lowest BCUT2D eigenvalue weighted by atomic mass is 9.93. The minimum atomic E-state index is 0.604. The van der Waals surface area contributed by atoms with Gasteiger partial charge in [-0.15, -0.1) is 9.90 Å². The molecule has 1 aliphatic carbocycles. The number of hydrogen-bond donors (Lipinski definition) is 1. The number of anilines is 1. The van der Waals surface area contributed by atoms with E-state index in [1.165, 1.54) is 24.8 Å². The molecule has 22 heavy (non-hydrogen) atoms. The largest absolute Gasteiger partial charge is 0.363 e. The van der Waals surface area contributed by atoms with Gasteiger partial charge in [0.25, 0.3) is 0 Å². The summed E-state index contributed by atoms with van der Waals surface area (Å²) in [5, 5.41) is 16.4. The van der Waals surface area contributed by atoms with Gasteiger partial charge in [0.2, 0.25) is 0 Å². The van der Waals surface area contributed by atoms with Crippen LogP contribution in [0.1, 0.15) is 30.9 Å². The lowest BCUT2D eigenvalue weighted by Gasteiger charge is -2.25. The van der Waals surface area contributed by atoms with E-state index < -0.39 is 0 Å². The monoisotopic (exact) mass is 294 g/mol. The Labute approximate surface area is 128 Å². The average Bonchev–Trinajstić information content (AvgIpc) is 3.14. The summed E-state index contributed by atoms with van der Waals surface area (Å²) in [4.78, 5) is 1.63. The average molecular weight is 294 g/mol. The van der Waals surface area contributed by atoms with Crippen molar-refractivity contribution in [2.24, 2.45) is 0 Å². The predicted octanol–water partition coefficient (Wildman–Crippen LogP) is 2.80. The van der Waals surface area contributed by atoms with Crippen LogP contribution < -0.4 is 5.32 Å². The Bertz CT molecular complexity index is 741. The van der Waals surface area contributed by atoms with Crippen LogP contribution in [0.3, 0.4) is 0 Å². The molecule has 6 nitrogen and oxygen atoms in total. The third-order valence-electron chi connectivity index (χ3n) is 4.06. The van der Waals surface area contributed by atoms with Gasteiger partial charge in [-0.1, -0.05) is 18.2 Å². The summed E-state index contributed by atoms with van der Waals surface area (Å²) in [7, 11) is 0. The molecule has 0 amide bonds. The molecule has 1 fully saturated rings. The highest BCUT2D eigenvalue weighted by Gasteiger charge is 2.19. The number of benzene rings is 1. The topological polar surface area (TPSA) is 60.6 Å². The lowest BCUT2D eigenvalue weighted by molar-refractivity contribution is 0.289. The number of rotatable bonds is 5. The van der Waals surface area contributed by atoms with Crippen molar-refractivity contribution in [2.75, 3.05) is 5.32 Å². The maximum absolute atomic E-state index is 4.44. The van der Waals surface area contributed by atoms with Crippen LogP contribution in [0.25, 0.3) is 5.69 Å². The van der Waals surface area contributed by atoms with Crippen molar-refractivity contribution < 1.29 is 0 Å². The zero-order valence-corrected chi connectivity index (χ0v) is 12.3. The molecule has 2 heterocycles. The van der Waals surface area contributed by atoms with Crippen molar-refractivity contribution in [3.8, 4) is 5.69 Å². The number of nitrogens with one attached hydrogen (secondary N) is 1.